The molecule has 1 atom stereocenters. The lowest BCUT2D eigenvalue weighted by molar-refractivity contribution is 0.183. The predicted octanol–water partition coefficient (Wildman–Crippen LogP) is 2.50. The summed E-state index contributed by atoms with van der Waals surface area (Å²) in [5.74, 6) is 0. The molecule has 3 nitrogen and oxygen atoms in total. The summed E-state index contributed by atoms with van der Waals surface area (Å²) in [6.45, 7) is 2.57. The average molecular weight is 229 g/mol. The van der Waals surface area contributed by atoms with E-state index >= 15 is 0 Å². The number of halogens is 1. The molecule has 0 fully saturated rings. The second kappa shape index (κ2) is 5.83. The zero-order chi connectivity index (χ0) is 11.3. The van der Waals surface area contributed by atoms with Gasteiger partial charge in [0.1, 0.15) is 0 Å². The van der Waals surface area contributed by atoms with E-state index in [-0.39, 0.29) is 6.10 Å². The topological polar surface area (TPSA) is 58.3 Å². The maximum Gasteiger partial charge on any atom is 0.0588 e. The van der Waals surface area contributed by atoms with Gasteiger partial charge in [0.05, 0.1) is 17.5 Å². The number of aliphatic hydroxyl groups excluding tert-OH is 1. The summed E-state index contributed by atoms with van der Waals surface area (Å²) < 4.78 is 0. The lowest BCUT2D eigenvalue weighted by atomic mass is 10.2. The number of hydrogen-bond donors (Lipinski definition) is 3. The number of anilines is 2. The Labute approximate surface area is 95.2 Å². The average Bonchev–Trinajstić information content (AvgIpc) is 2.17. The van der Waals surface area contributed by atoms with Crippen molar-refractivity contribution in [1.82, 2.24) is 0 Å². The van der Waals surface area contributed by atoms with Crippen LogP contribution in [-0.2, 0) is 0 Å². The minimum Gasteiger partial charge on any atom is -0.397 e. The highest BCUT2D eigenvalue weighted by molar-refractivity contribution is 6.31. The molecule has 1 aromatic carbocycles. The summed E-state index contributed by atoms with van der Waals surface area (Å²) in [7, 11) is 0. The Hall–Kier alpha value is -0.930. The Morgan fingerprint density at radius 2 is 2.27 bits per heavy atom. The van der Waals surface area contributed by atoms with E-state index in [1.54, 1.807) is 25.1 Å². The Morgan fingerprint density at radius 3 is 2.93 bits per heavy atom. The molecule has 0 aliphatic heterocycles. The van der Waals surface area contributed by atoms with Gasteiger partial charge >= 0.3 is 0 Å². The van der Waals surface area contributed by atoms with Crippen LogP contribution in [0.4, 0.5) is 11.4 Å². The van der Waals surface area contributed by atoms with Crippen LogP contribution in [0, 0.1) is 0 Å². The first-order valence-corrected chi connectivity index (χ1v) is 5.44. The summed E-state index contributed by atoms with van der Waals surface area (Å²) in [6, 6.07) is 5.34. The fourth-order valence-electron chi connectivity index (χ4n) is 1.30. The maximum atomic E-state index is 9.07. The van der Waals surface area contributed by atoms with Gasteiger partial charge in [-0.05, 0) is 38.0 Å². The molecule has 0 amide bonds. The molecular formula is C11H17ClN2O. The third-order valence-corrected chi connectivity index (χ3v) is 2.36. The number of rotatable bonds is 5. The van der Waals surface area contributed by atoms with E-state index in [0.717, 1.165) is 25.1 Å². The van der Waals surface area contributed by atoms with Crippen LogP contribution < -0.4 is 11.1 Å². The summed E-state index contributed by atoms with van der Waals surface area (Å²) in [4.78, 5) is 0. The maximum absolute atomic E-state index is 9.07. The first kappa shape index (κ1) is 12.1. The van der Waals surface area contributed by atoms with Gasteiger partial charge in [-0.15, -0.1) is 0 Å². The van der Waals surface area contributed by atoms with Gasteiger partial charge in [0.15, 0.2) is 0 Å². The van der Waals surface area contributed by atoms with Crippen LogP contribution in [0.15, 0.2) is 18.2 Å². The van der Waals surface area contributed by atoms with E-state index < -0.39 is 0 Å². The van der Waals surface area contributed by atoms with Crippen LogP contribution >= 0.6 is 11.6 Å². The van der Waals surface area contributed by atoms with Gasteiger partial charge < -0.3 is 16.2 Å². The second-order valence-electron chi connectivity index (χ2n) is 3.65. The lowest BCUT2D eigenvalue weighted by Gasteiger charge is -2.10. The molecule has 0 aliphatic rings. The van der Waals surface area contributed by atoms with Gasteiger partial charge in [-0.2, -0.15) is 0 Å². The smallest absolute Gasteiger partial charge is 0.0588 e. The van der Waals surface area contributed by atoms with Crippen LogP contribution in [0.1, 0.15) is 19.8 Å². The third-order valence-electron chi connectivity index (χ3n) is 2.13. The van der Waals surface area contributed by atoms with Crippen molar-refractivity contribution in [2.45, 2.75) is 25.9 Å². The summed E-state index contributed by atoms with van der Waals surface area (Å²) in [5.41, 5.74) is 7.31. The first-order chi connectivity index (χ1) is 7.09. The molecule has 0 saturated heterocycles. The minimum atomic E-state index is -0.247. The summed E-state index contributed by atoms with van der Waals surface area (Å²) in [6.07, 6.45) is 1.44. The van der Waals surface area contributed by atoms with Gasteiger partial charge in [-0.1, -0.05) is 11.6 Å². The number of benzene rings is 1. The standard InChI is InChI=1S/C11H17ClN2O/c1-8(15)3-2-6-14-11-7-9(12)4-5-10(11)13/h4-5,7-8,14-15H,2-3,6,13H2,1H3. The van der Waals surface area contributed by atoms with Gasteiger partial charge in [-0.25, -0.2) is 0 Å². The molecule has 1 unspecified atom stereocenters. The van der Waals surface area contributed by atoms with E-state index in [9.17, 15) is 0 Å². The van der Waals surface area contributed by atoms with Crippen LogP contribution in [0.25, 0.3) is 0 Å². The van der Waals surface area contributed by atoms with E-state index in [1.165, 1.54) is 0 Å². The molecule has 1 rings (SSSR count). The fourth-order valence-corrected chi connectivity index (χ4v) is 1.47. The third kappa shape index (κ3) is 4.40. The predicted molar refractivity (Wildman–Crippen MR) is 65.3 cm³/mol. The monoisotopic (exact) mass is 228 g/mol. The molecule has 0 radical (unpaired) electrons. The van der Waals surface area contributed by atoms with E-state index in [0.29, 0.717) is 10.7 Å². The highest BCUT2D eigenvalue weighted by atomic mass is 35.5. The number of nitrogen functional groups attached to an aromatic ring is 1. The van der Waals surface area contributed by atoms with Crippen molar-refractivity contribution in [2.75, 3.05) is 17.6 Å². The van der Waals surface area contributed by atoms with E-state index in [2.05, 4.69) is 5.32 Å². The van der Waals surface area contributed by atoms with Gasteiger partial charge in [0, 0.05) is 11.6 Å². The SMILES string of the molecule is CC(O)CCCNc1cc(Cl)ccc1N. The first-order valence-electron chi connectivity index (χ1n) is 5.06. The number of hydrogen-bond acceptors (Lipinski definition) is 3. The van der Waals surface area contributed by atoms with Crippen LogP contribution in [-0.4, -0.2) is 17.8 Å². The molecule has 0 spiro atoms. The highest BCUT2D eigenvalue weighted by Crippen LogP contribution is 2.22. The largest absolute Gasteiger partial charge is 0.397 e. The molecule has 0 aliphatic carbocycles. The molecule has 0 saturated carbocycles. The van der Waals surface area contributed by atoms with Crippen LogP contribution in [0.5, 0.6) is 0 Å². The van der Waals surface area contributed by atoms with Crippen molar-refractivity contribution < 1.29 is 5.11 Å². The van der Waals surface area contributed by atoms with Crippen LogP contribution in [0.3, 0.4) is 0 Å². The Balaban J connectivity index is 2.40. The van der Waals surface area contributed by atoms with Crippen LogP contribution in [0.2, 0.25) is 5.02 Å². The number of aliphatic hydroxyl groups is 1. The number of nitrogens with one attached hydrogen (secondary N) is 1. The molecule has 0 aromatic heterocycles. The molecular weight excluding hydrogens is 212 g/mol. The zero-order valence-electron chi connectivity index (χ0n) is 8.83. The molecule has 0 bridgehead atoms. The Morgan fingerprint density at radius 1 is 1.53 bits per heavy atom. The van der Waals surface area contributed by atoms with Gasteiger partial charge in [0.2, 0.25) is 0 Å². The molecule has 84 valence electrons. The zero-order valence-corrected chi connectivity index (χ0v) is 9.59. The van der Waals surface area contributed by atoms with Gasteiger partial charge in [0.25, 0.3) is 0 Å². The Bertz CT molecular complexity index is 315. The van der Waals surface area contributed by atoms with Crippen molar-refractivity contribution in [3.8, 4) is 0 Å². The normalized spacial score (nSPS) is 12.5. The summed E-state index contributed by atoms with van der Waals surface area (Å²) in [5, 5.41) is 12.9. The highest BCUT2D eigenvalue weighted by Gasteiger charge is 2.00. The van der Waals surface area contributed by atoms with Crippen molar-refractivity contribution in [3.05, 3.63) is 23.2 Å². The van der Waals surface area contributed by atoms with E-state index in [4.69, 9.17) is 22.4 Å². The van der Waals surface area contributed by atoms with E-state index in [1.807, 2.05) is 0 Å². The molecule has 15 heavy (non-hydrogen) atoms. The molecule has 4 N–H and O–H groups in total. The second-order valence-corrected chi connectivity index (χ2v) is 4.09. The lowest BCUT2D eigenvalue weighted by Crippen LogP contribution is -2.07. The molecule has 1 aromatic rings. The van der Waals surface area contributed by atoms with Gasteiger partial charge in [-0.3, -0.25) is 0 Å². The van der Waals surface area contributed by atoms with Crippen molar-refractivity contribution in [1.29, 1.82) is 0 Å². The molecule has 4 heteroatoms. The summed E-state index contributed by atoms with van der Waals surface area (Å²) >= 11 is 5.84. The van der Waals surface area contributed by atoms with Crippen molar-refractivity contribution in [3.63, 3.8) is 0 Å². The van der Waals surface area contributed by atoms with Crippen molar-refractivity contribution in [2.24, 2.45) is 0 Å². The minimum absolute atomic E-state index is 0.247. The van der Waals surface area contributed by atoms with Crippen molar-refractivity contribution >= 4 is 23.0 Å². The fraction of sp³-hybridized carbons (Fsp3) is 0.455. The Kier molecular flexibility index (Phi) is 4.72. The quantitative estimate of drug-likeness (QED) is 0.536. The number of nitrogens with two attached hydrogens (primary N) is 1. The molecule has 0 heterocycles.